The van der Waals surface area contributed by atoms with E-state index < -0.39 is 5.91 Å². The Morgan fingerprint density at radius 2 is 2.22 bits per heavy atom. The minimum Gasteiger partial charge on any atom is -0.368 e. The number of nitrogens with two attached hydrogens (primary N) is 1. The van der Waals surface area contributed by atoms with Crippen LogP contribution in [0.1, 0.15) is 30.1 Å². The molecule has 0 atom stereocenters. The smallest absolute Gasteiger partial charge is 0.257 e. The molecule has 5 nitrogen and oxygen atoms in total. The number of carbonyl (C=O) groups excluding carboxylic acids is 2. The van der Waals surface area contributed by atoms with E-state index in [-0.39, 0.29) is 18.0 Å². The number of nitrogens with zero attached hydrogens (tertiary/aromatic N) is 2. The molecule has 2 N–H and O–H groups in total. The molecular weight excluding hydrogens is 254 g/mol. The van der Waals surface area contributed by atoms with Crippen LogP contribution in [0.4, 0.5) is 0 Å². The fourth-order valence-electron chi connectivity index (χ4n) is 1.49. The van der Waals surface area contributed by atoms with Crippen LogP contribution in [0.15, 0.2) is 18.5 Å². The van der Waals surface area contributed by atoms with Crippen molar-refractivity contribution in [2.45, 2.75) is 19.8 Å². The summed E-state index contributed by atoms with van der Waals surface area (Å²) in [6.07, 6.45) is 4.62. The molecule has 0 aliphatic carbocycles. The molecule has 0 radical (unpaired) electrons. The maximum Gasteiger partial charge on any atom is 0.257 e. The summed E-state index contributed by atoms with van der Waals surface area (Å²) in [5, 5.41) is 0.320. The zero-order valence-electron chi connectivity index (χ0n) is 10.2. The van der Waals surface area contributed by atoms with Crippen LogP contribution >= 0.6 is 11.6 Å². The van der Waals surface area contributed by atoms with E-state index in [1.54, 1.807) is 0 Å². The molecule has 0 aliphatic heterocycles. The number of rotatable bonds is 6. The first-order valence-corrected chi connectivity index (χ1v) is 6.11. The van der Waals surface area contributed by atoms with Gasteiger partial charge >= 0.3 is 0 Å². The summed E-state index contributed by atoms with van der Waals surface area (Å²) < 4.78 is 0. The van der Waals surface area contributed by atoms with Gasteiger partial charge in [-0.25, -0.2) is 0 Å². The maximum atomic E-state index is 12.2. The molecule has 98 valence electrons. The number of pyridine rings is 1. The summed E-state index contributed by atoms with van der Waals surface area (Å²) in [6, 6.07) is 1.54. The molecular formula is C12H16ClN3O2. The molecule has 0 aromatic carbocycles. The average molecular weight is 270 g/mol. The van der Waals surface area contributed by atoms with E-state index >= 15 is 0 Å². The molecule has 2 amide bonds. The summed E-state index contributed by atoms with van der Waals surface area (Å²) in [5.41, 5.74) is 5.43. The Labute approximate surface area is 111 Å². The van der Waals surface area contributed by atoms with Crippen molar-refractivity contribution in [1.82, 2.24) is 9.88 Å². The zero-order valence-corrected chi connectivity index (χ0v) is 11.0. The first kappa shape index (κ1) is 14.4. The second-order valence-electron chi connectivity index (χ2n) is 3.90. The van der Waals surface area contributed by atoms with Crippen LogP contribution in [0.5, 0.6) is 0 Å². The predicted molar refractivity (Wildman–Crippen MR) is 69.3 cm³/mol. The Bertz CT molecular complexity index is 437. The highest BCUT2D eigenvalue weighted by Crippen LogP contribution is 2.16. The van der Waals surface area contributed by atoms with Gasteiger partial charge < -0.3 is 10.6 Å². The lowest BCUT2D eigenvalue weighted by atomic mass is 10.2. The molecule has 1 aromatic heterocycles. The van der Waals surface area contributed by atoms with E-state index in [1.807, 2.05) is 6.92 Å². The molecule has 0 spiro atoms. The number of primary amides is 1. The highest BCUT2D eigenvalue weighted by Gasteiger charge is 2.19. The third-order valence-electron chi connectivity index (χ3n) is 2.41. The van der Waals surface area contributed by atoms with Crippen LogP contribution in [0.25, 0.3) is 0 Å². The van der Waals surface area contributed by atoms with E-state index in [9.17, 15) is 9.59 Å². The summed E-state index contributed by atoms with van der Waals surface area (Å²) >= 11 is 5.93. The number of carbonyl (C=O) groups is 2. The Hall–Kier alpha value is -1.62. The molecule has 0 saturated heterocycles. The van der Waals surface area contributed by atoms with Crippen molar-refractivity contribution in [2.75, 3.05) is 13.1 Å². The normalized spacial score (nSPS) is 10.1. The lowest BCUT2D eigenvalue weighted by Crippen LogP contribution is -2.39. The van der Waals surface area contributed by atoms with Crippen LogP contribution in [0.2, 0.25) is 5.02 Å². The van der Waals surface area contributed by atoms with Gasteiger partial charge in [-0.2, -0.15) is 0 Å². The Morgan fingerprint density at radius 3 is 2.78 bits per heavy atom. The second kappa shape index (κ2) is 6.96. The van der Waals surface area contributed by atoms with E-state index in [0.29, 0.717) is 11.6 Å². The van der Waals surface area contributed by atoms with Gasteiger partial charge in [0.15, 0.2) is 0 Å². The van der Waals surface area contributed by atoms with Crippen molar-refractivity contribution in [2.24, 2.45) is 5.73 Å². The van der Waals surface area contributed by atoms with Gasteiger partial charge in [-0.1, -0.05) is 24.9 Å². The molecule has 0 bridgehead atoms. The Balaban J connectivity index is 2.87. The van der Waals surface area contributed by atoms with Crippen molar-refractivity contribution in [3.8, 4) is 0 Å². The molecule has 6 heteroatoms. The van der Waals surface area contributed by atoms with Gasteiger partial charge in [0.05, 0.1) is 17.1 Å². The first-order chi connectivity index (χ1) is 8.56. The number of aromatic nitrogens is 1. The van der Waals surface area contributed by atoms with Gasteiger partial charge in [-0.3, -0.25) is 14.6 Å². The topological polar surface area (TPSA) is 76.3 Å². The monoisotopic (exact) mass is 269 g/mol. The second-order valence-corrected chi connectivity index (χ2v) is 4.31. The zero-order chi connectivity index (χ0) is 13.5. The summed E-state index contributed by atoms with van der Waals surface area (Å²) in [5.74, 6) is -0.861. The molecule has 0 unspecified atom stereocenters. The van der Waals surface area contributed by atoms with Crippen LogP contribution in [-0.4, -0.2) is 34.8 Å². The molecule has 18 heavy (non-hydrogen) atoms. The largest absolute Gasteiger partial charge is 0.368 e. The minimum atomic E-state index is -0.542. The molecule has 1 heterocycles. The van der Waals surface area contributed by atoms with Gasteiger partial charge in [0.2, 0.25) is 5.91 Å². The van der Waals surface area contributed by atoms with Gasteiger partial charge in [0.1, 0.15) is 0 Å². The van der Waals surface area contributed by atoms with Crippen LogP contribution in [-0.2, 0) is 4.79 Å². The fourth-order valence-corrected chi connectivity index (χ4v) is 1.68. The highest BCUT2D eigenvalue weighted by molar-refractivity contribution is 6.33. The lowest BCUT2D eigenvalue weighted by molar-refractivity contribution is -0.118. The summed E-state index contributed by atoms with van der Waals surface area (Å²) in [4.78, 5) is 28.4. The van der Waals surface area contributed by atoms with Gasteiger partial charge in [-0.15, -0.1) is 0 Å². The van der Waals surface area contributed by atoms with Crippen molar-refractivity contribution >= 4 is 23.4 Å². The number of unbranched alkanes of at least 4 members (excludes halogenated alkanes) is 1. The van der Waals surface area contributed by atoms with Crippen LogP contribution in [0.3, 0.4) is 0 Å². The Kier molecular flexibility index (Phi) is 5.58. The molecule has 0 fully saturated rings. The standard InChI is InChI=1S/C12H16ClN3O2/c1-2-3-6-16(8-11(14)17)12(18)9-7-15-5-4-10(9)13/h4-5,7H,2-3,6,8H2,1H3,(H2,14,17). The fraction of sp³-hybridized carbons (Fsp3) is 0.417. The molecule has 0 saturated carbocycles. The molecule has 1 rings (SSSR count). The summed E-state index contributed by atoms with van der Waals surface area (Å²) in [7, 11) is 0. The van der Waals surface area contributed by atoms with Crippen molar-refractivity contribution in [1.29, 1.82) is 0 Å². The van der Waals surface area contributed by atoms with E-state index in [4.69, 9.17) is 17.3 Å². The van der Waals surface area contributed by atoms with E-state index in [0.717, 1.165) is 12.8 Å². The molecule has 1 aromatic rings. The first-order valence-electron chi connectivity index (χ1n) is 5.73. The lowest BCUT2D eigenvalue weighted by Gasteiger charge is -2.21. The number of hydrogen-bond donors (Lipinski definition) is 1. The third kappa shape index (κ3) is 4.00. The van der Waals surface area contributed by atoms with Gasteiger partial charge in [0, 0.05) is 18.9 Å². The summed E-state index contributed by atoms with van der Waals surface area (Å²) in [6.45, 7) is 2.37. The van der Waals surface area contributed by atoms with Crippen LogP contribution < -0.4 is 5.73 Å². The quantitative estimate of drug-likeness (QED) is 0.849. The third-order valence-corrected chi connectivity index (χ3v) is 2.74. The van der Waals surface area contributed by atoms with Crippen molar-refractivity contribution in [3.05, 3.63) is 29.0 Å². The van der Waals surface area contributed by atoms with Crippen LogP contribution in [0, 0.1) is 0 Å². The SMILES string of the molecule is CCCCN(CC(N)=O)C(=O)c1cnccc1Cl. The van der Waals surface area contributed by atoms with Crippen molar-refractivity contribution in [3.63, 3.8) is 0 Å². The van der Waals surface area contributed by atoms with E-state index in [2.05, 4.69) is 4.98 Å². The van der Waals surface area contributed by atoms with Gasteiger partial charge in [-0.05, 0) is 12.5 Å². The maximum absolute atomic E-state index is 12.2. The number of hydrogen-bond acceptors (Lipinski definition) is 3. The highest BCUT2D eigenvalue weighted by atomic mass is 35.5. The van der Waals surface area contributed by atoms with Gasteiger partial charge in [0.25, 0.3) is 5.91 Å². The Morgan fingerprint density at radius 1 is 1.50 bits per heavy atom. The number of halogens is 1. The molecule has 0 aliphatic rings. The van der Waals surface area contributed by atoms with Crippen molar-refractivity contribution < 1.29 is 9.59 Å². The predicted octanol–water partition coefficient (Wildman–Crippen LogP) is 1.46. The average Bonchev–Trinajstić information content (AvgIpc) is 2.34. The van der Waals surface area contributed by atoms with E-state index in [1.165, 1.54) is 23.4 Å². The minimum absolute atomic E-state index is 0.107. The number of amides is 2.